The van der Waals surface area contributed by atoms with E-state index in [9.17, 15) is 4.79 Å². The van der Waals surface area contributed by atoms with Crippen molar-refractivity contribution in [3.63, 3.8) is 0 Å². The molecule has 0 aromatic heterocycles. The van der Waals surface area contributed by atoms with Gasteiger partial charge in [0.1, 0.15) is 13.2 Å². The number of anilines is 1. The topological polar surface area (TPSA) is 67.8 Å². The maximum atomic E-state index is 12.6. The summed E-state index contributed by atoms with van der Waals surface area (Å²) in [5.41, 5.74) is 3.07. The second-order valence-electron chi connectivity index (χ2n) is 6.87. The van der Waals surface area contributed by atoms with E-state index in [0.29, 0.717) is 13.2 Å². The summed E-state index contributed by atoms with van der Waals surface area (Å²) in [7, 11) is 0. The van der Waals surface area contributed by atoms with Crippen molar-refractivity contribution in [1.29, 1.82) is 0 Å². The number of ether oxygens (including phenoxy) is 2. The molecule has 0 bridgehead atoms. The number of hydrogen-bond donors (Lipinski definition) is 2. The van der Waals surface area contributed by atoms with Crippen LogP contribution in [0, 0.1) is 5.92 Å². The molecule has 5 heteroatoms. The molecule has 1 amide bonds. The minimum Gasteiger partial charge on any atom is -0.486 e. The Morgan fingerprint density at radius 2 is 1.96 bits per heavy atom. The van der Waals surface area contributed by atoms with Crippen LogP contribution in [-0.2, 0) is 11.2 Å². The molecule has 0 spiro atoms. The molecule has 1 aliphatic carbocycles. The van der Waals surface area contributed by atoms with E-state index in [1.807, 2.05) is 42.5 Å². The molecule has 1 heterocycles. The summed E-state index contributed by atoms with van der Waals surface area (Å²) in [5.74, 6) is 1.85. The molecule has 2 N–H and O–H groups in total. The van der Waals surface area contributed by atoms with Crippen LogP contribution in [0.3, 0.4) is 0 Å². The van der Waals surface area contributed by atoms with Crippen LogP contribution in [0.25, 0.3) is 0 Å². The third-order valence-corrected chi connectivity index (χ3v) is 4.94. The molecule has 2 aliphatic rings. The van der Waals surface area contributed by atoms with E-state index in [2.05, 4.69) is 5.32 Å². The number of aliphatic hydroxyl groups is 1. The van der Waals surface area contributed by atoms with Crippen molar-refractivity contribution in [3.05, 3.63) is 53.6 Å². The predicted molar refractivity (Wildman–Crippen MR) is 98.8 cm³/mol. The van der Waals surface area contributed by atoms with E-state index in [4.69, 9.17) is 14.6 Å². The molecule has 2 atom stereocenters. The first-order valence-electron chi connectivity index (χ1n) is 9.15. The number of benzene rings is 2. The van der Waals surface area contributed by atoms with Gasteiger partial charge in [-0.15, -0.1) is 0 Å². The number of hydrogen-bond acceptors (Lipinski definition) is 4. The third-order valence-electron chi connectivity index (χ3n) is 4.94. The first-order valence-corrected chi connectivity index (χ1v) is 9.15. The fourth-order valence-corrected chi connectivity index (χ4v) is 3.47. The quantitative estimate of drug-likeness (QED) is 0.837. The zero-order valence-electron chi connectivity index (χ0n) is 14.6. The molecule has 5 nitrogen and oxygen atoms in total. The number of carbonyl (C=O) groups is 1. The van der Waals surface area contributed by atoms with Crippen molar-refractivity contribution >= 4 is 11.6 Å². The molecule has 136 valence electrons. The Morgan fingerprint density at radius 3 is 2.81 bits per heavy atom. The predicted octanol–water partition coefficient (Wildman–Crippen LogP) is 3.12. The summed E-state index contributed by atoms with van der Waals surface area (Å²) >= 11 is 0. The molecular formula is C21H23NO4. The number of rotatable bonds is 6. The summed E-state index contributed by atoms with van der Waals surface area (Å²) < 4.78 is 11.2. The molecule has 1 saturated carbocycles. The summed E-state index contributed by atoms with van der Waals surface area (Å²) in [6, 6.07) is 13.8. The molecule has 2 aromatic carbocycles. The lowest BCUT2D eigenvalue weighted by atomic mass is 10.1. The van der Waals surface area contributed by atoms with Crippen molar-refractivity contribution < 1.29 is 19.4 Å². The second kappa shape index (κ2) is 7.38. The smallest absolute Gasteiger partial charge is 0.228 e. The molecule has 0 unspecified atom stereocenters. The standard InChI is InChI=1S/C21H23NO4/c23-8-2-4-14-3-1-5-16(11-14)22-21(24)18-13-17(18)15-6-7-19-20(12-15)26-10-9-25-19/h1,3,5-7,11-12,17-18,23H,2,4,8-10,13H2,(H,22,24)/t17-,18+/m1/s1. The van der Waals surface area contributed by atoms with Gasteiger partial charge in [-0.2, -0.15) is 0 Å². The van der Waals surface area contributed by atoms with Gasteiger partial charge in [0, 0.05) is 18.2 Å². The average molecular weight is 353 g/mol. The van der Waals surface area contributed by atoms with Gasteiger partial charge in [-0.05, 0) is 60.6 Å². The van der Waals surface area contributed by atoms with Gasteiger partial charge < -0.3 is 19.9 Å². The lowest BCUT2D eigenvalue weighted by Crippen LogP contribution is -2.16. The maximum absolute atomic E-state index is 12.6. The van der Waals surface area contributed by atoms with Crippen molar-refractivity contribution in [1.82, 2.24) is 0 Å². The monoisotopic (exact) mass is 353 g/mol. The van der Waals surface area contributed by atoms with Crippen LogP contribution < -0.4 is 14.8 Å². The van der Waals surface area contributed by atoms with Crippen LogP contribution in [0.15, 0.2) is 42.5 Å². The van der Waals surface area contributed by atoms with Gasteiger partial charge in [0.05, 0.1) is 0 Å². The van der Waals surface area contributed by atoms with Crippen molar-refractivity contribution in [2.24, 2.45) is 5.92 Å². The molecule has 1 fully saturated rings. The molecule has 4 rings (SSSR count). The highest BCUT2D eigenvalue weighted by atomic mass is 16.6. The van der Waals surface area contributed by atoms with Crippen LogP contribution in [0.2, 0.25) is 0 Å². The normalized spacial score (nSPS) is 20.5. The zero-order valence-corrected chi connectivity index (χ0v) is 14.6. The summed E-state index contributed by atoms with van der Waals surface area (Å²) in [6.07, 6.45) is 2.39. The number of carbonyl (C=O) groups excluding carboxylic acids is 1. The molecular weight excluding hydrogens is 330 g/mol. The van der Waals surface area contributed by atoms with Gasteiger partial charge in [0.2, 0.25) is 5.91 Å². The lowest BCUT2D eigenvalue weighted by molar-refractivity contribution is -0.117. The third kappa shape index (κ3) is 3.68. The molecule has 26 heavy (non-hydrogen) atoms. The van der Waals surface area contributed by atoms with Crippen molar-refractivity contribution in [2.45, 2.75) is 25.2 Å². The average Bonchev–Trinajstić information content (AvgIpc) is 3.47. The van der Waals surface area contributed by atoms with Crippen LogP contribution in [0.1, 0.15) is 29.9 Å². The van der Waals surface area contributed by atoms with Gasteiger partial charge in [0.15, 0.2) is 11.5 Å². The van der Waals surface area contributed by atoms with Gasteiger partial charge in [-0.3, -0.25) is 4.79 Å². The summed E-state index contributed by atoms with van der Waals surface area (Å²) in [6.45, 7) is 1.33. The van der Waals surface area contributed by atoms with E-state index >= 15 is 0 Å². The van der Waals surface area contributed by atoms with Crippen LogP contribution in [0.4, 0.5) is 5.69 Å². The van der Waals surface area contributed by atoms with E-state index in [1.54, 1.807) is 0 Å². The highest BCUT2D eigenvalue weighted by molar-refractivity contribution is 5.95. The Labute approximate surface area is 152 Å². The first kappa shape index (κ1) is 16.9. The Hall–Kier alpha value is -2.53. The fourth-order valence-electron chi connectivity index (χ4n) is 3.47. The molecule has 0 radical (unpaired) electrons. The van der Waals surface area contributed by atoms with E-state index in [0.717, 1.165) is 47.6 Å². The highest BCUT2D eigenvalue weighted by Gasteiger charge is 2.44. The Bertz CT molecular complexity index is 804. The highest BCUT2D eigenvalue weighted by Crippen LogP contribution is 2.49. The zero-order chi connectivity index (χ0) is 17.9. The first-order chi connectivity index (χ1) is 12.7. The van der Waals surface area contributed by atoms with Gasteiger partial charge >= 0.3 is 0 Å². The number of amides is 1. The van der Waals surface area contributed by atoms with E-state index in [-0.39, 0.29) is 24.3 Å². The van der Waals surface area contributed by atoms with Crippen molar-refractivity contribution in [3.8, 4) is 11.5 Å². The van der Waals surface area contributed by atoms with E-state index in [1.165, 1.54) is 0 Å². The number of aryl methyl sites for hydroxylation is 1. The summed E-state index contributed by atoms with van der Waals surface area (Å²) in [5, 5.41) is 12.0. The van der Waals surface area contributed by atoms with Crippen LogP contribution in [0.5, 0.6) is 11.5 Å². The molecule has 2 aromatic rings. The van der Waals surface area contributed by atoms with Crippen LogP contribution in [-0.4, -0.2) is 30.8 Å². The van der Waals surface area contributed by atoms with Gasteiger partial charge in [-0.1, -0.05) is 18.2 Å². The van der Waals surface area contributed by atoms with Gasteiger partial charge in [-0.25, -0.2) is 0 Å². The number of nitrogens with one attached hydrogen (secondary N) is 1. The van der Waals surface area contributed by atoms with Gasteiger partial charge in [0.25, 0.3) is 0 Å². The minimum atomic E-state index is -0.00124. The maximum Gasteiger partial charge on any atom is 0.228 e. The molecule has 0 saturated heterocycles. The van der Waals surface area contributed by atoms with Crippen LogP contribution >= 0.6 is 0 Å². The summed E-state index contributed by atoms with van der Waals surface area (Å²) in [4.78, 5) is 12.6. The van der Waals surface area contributed by atoms with E-state index < -0.39 is 0 Å². The van der Waals surface area contributed by atoms with Crippen molar-refractivity contribution in [2.75, 3.05) is 25.1 Å². The lowest BCUT2D eigenvalue weighted by Gasteiger charge is -2.18. The largest absolute Gasteiger partial charge is 0.486 e. The number of aliphatic hydroxyl groups excluding tert-OH is 1. The fraction of sp³-hybridized carbons (Fsp3) is 0.381. The SMILES string of the molecule is O=C(Nc1cccc(CCCO)c1)[C@H]1C[C@@H]1c1ccc2c(c1)OCCO2. The minimum absolute atomic E-state index is 0.00124. The molecule has 1 aliphatic heterocycles. The second-order valence-corrected chi connectivity index (χ2v) is 6.87. The number of fused-ring (bicyclic) bond motifs is 1. The Kier molecular flexibility index (Phi) is 4.80. The Morgan fingerprint density at radius 1 is 1.12 bits per heavy atom. The Balaban J connectivity index is 1.38.